The summed E-state index contributed by atoms with van der Waals surface area (Å²) in [7, 11) is 1.81. The van der Waals surface area contributed by atoms with Gasteiger partial charge in [0.1, 0.15) is 6.04 Å². The van der Waals surface area contributed by atoms with Crippen LogP contribution >= 0.6 is 12.4 Å². The first-order valence-electron chi connectivity index (χ1n) is 4.64. The van der Waals surface area contributed by atoms with Gasteiger partial charge < -0.3 is 5.11 Å². The SMILES string of the molecule is CCN(C)C(C(=O)O)c1ccccc1.Cl. The first kappa shape index (κ1) is 13.9. The van der Waals surface area contributed by atoms with Crippen LogP contribution < -0.4 is 0 Å². The summed E-state index contributed by atoms with van der Waals surface area (Å²) in [6, 6.07) is 8.73. The summed E-state index contributed by atoms with van der Waals surface area (Å²) >= 11 is 0. The number of carboxylic acid groups (broad SMARTS) is 1. The average molecular weight is 230 g/mol. The lowest BCUT2D eigenvalue weighted by atomic mass is 10.1. The maximum atomic E-state index is 11.1. The minimum absolute atomic E-state index is 0. The Morgan fingerprint density at radius 1 is 1.40 bits per heavy atom. The first-order valence-corrected chi connectivity index (χ1v) is 4.64. The molecule has 0 radical (unpaired) electrons. The second-order valence-electron chi connectivity index (χ2n) is 3.22. The van der Waals surface area contributed by atoms with Gasteiger partial charge in [-0.15, -0.1) is 12.4 Å². The molecule has 0 bridgehead atoms. The Labute approximate surface area is 96.1 Å². The van der Waals surface area contributed by atoms with Crippen molar-refractivity contribution >= 4 is 18.4 Å². The third-order valence-corrected chi connectivity index (χ3v) is 2.29. The molecule has 0 aliphatic rings. The van der Waals surface area contributed by atoms with Gasteiger partial charge in [-0.2, -0.15) is 0 Å². The highest BCUT2D eigenvalue weighted by Gasteiger charge is 2.22. The Morgan fingerprint density at radius 3 is 2.33 bits per heavy atom. The van der Waals surface area contributed by atoms with Crippen LogP contribution in [0.15, 0.2) is 30.3 Å². The Hall–Kier alpha value is -1.06. The number of likely N-dealkylation sites (N-methyl/N-ethyl adjacent to an activating group) is 1. The predicted octanol–water partition coefficient (Wildman–Crippen LogP) is 2.19. The summed E-state index contributed by atoms with van der Waals surface area (Å²) in [5.41, 5.74) is 0.823. The molecule has 15 heavy (non-hydrogen) atoms. The van der Waals surface area contributed by atoms with E-state index in [9.17, 15) is 4.79 Å². The molecule has 0 spiro atoms. The molecule has 0 aliphatic heterocycles. The normalized spacial score (nSPS) is 11.9. The third kappa shape index (κ3) is 3.53. The van der Waals surface area contributed by atoms with E-state index >= 15 is 0 Å². The van der Waals surface area contributed by atoms with Crippen LogP contribution in [0.25, 0.3) is 0 Å². The van der Waals surface area contributed by atoms with Crippen molar-refractivity contribution < 1.29 is 9.90 Å². The molecular formula is C11H16ClNO2. The fraction of sp³-hybridized carbons (Fsp3) is 0.364. The number of halogens is 1. The maximum Gasteiger partial charge on any atom is 0.325 e. The molecule has 1 atom stereocenters. The Bertz CT molecular complexity index is 303. The van der Waals surface area contributed by atoms with Crippen LogP contribution in [0.4, 0.5) is 0 Å². The van der Waals surface area contributed by atoms with Crippen molar-refractivity contribution in [3.8, 4) is 0 Å². The molecule has 1 aromatic carbocycles. The fourth-order valence-corrected chi connectivity index (χ4v) is 1.40. The molecule has 0 heterocycles. The zero-order valence-corrected chi connectivity index (χ0v) is 9.70. The molecule has 0 fully saturated rings. The molecule has 0 amide bonds. The van der Waals surface area contributed by atoms with Crippen LogP contribution in [0.3, 0.4) is 0 Å². The van der Waals surface area contributed by atoms with Gasteiger partial charge in [0, 0.05) is 0 Å². The monoisotopic (exact) mass is 229 g/mol. The zero-order chi connectivity index (χ0) is 10.6. The van der Waals surface area contributed by atoms with Crippen LogP contribution in [-0.4, -0.2) is 29.6 Å². The second kappa shape index (κ2) is 6.43. The van der Waals surface area contributed by atoms with Crippen LogP contribution in [-0.2, 0) is 4.79 Å². The largest absolute Gasteiger partial charge is 0.480 e. The predicted molar refractivity (Wildman–Crippen MR) is 62.4 cm³/mol. The van der Waals surface area contributed by atoms with Crippen LogP contribution in [0.2, 0.25) is 0 Å². The van der Waals surface area contributed by atoms with E-state index in [1.165, 1.54) is 0 Å². The zero-order valence-electron chi connectivity index (χ0n) is 8.88. The van der Waals surface area contributed by atoms with Gasteiger partial charge >= 0.3 is 5.97 Å². The van der Waals surface area contributed by atoms with Gasteiger partial charge in [-0.3, -0.25) is 9.69 Å². The van der Waals surface area contributed by atoms with Crippen molar-refractivity contribution in [1.82, 2.24) is 4.90 Å². The maximum absolute atomic E-state index is 11.1. The lowest BCUT2D eigenvalue weighted by Crippen LogP contribution is -2.30. The van der Waals surface area contributed by atoms with E-state index < -0.39 is 12.0 Å². The highest BCUT2D eigenvalue weighted by atomic mass is 35.5. The number of aliphatic carboxylic acids is 1. The molecule has 3 nitrogen and oxygen atoms in total. The molecule has 0 saturated heterocycles. The van der Waals surface area contributed by atoms with Gasteiger partial charge in [-0.05, 0) is 19.2 Å². The van der Waals surface area contributed by atoms with Crippen molar-refractivity contribution in [3.05, 3.63) is 35.9 Å². The molecule has 0 aromatic heterocycles. The Morgan fingerprint density at radius 2 is 1.93 bits per heavy atom. The van der Waals surface area contributed by atoms with Crippen molar-refractivity contribution in [2.75, 3.05) is 13.6 Å². The molecular weight excluding hydrogens is 214 g/mol. The van der Waals surface area contributed by atoms with E-state index in [2.05, 4.69) is 0 Å². The molecule has 1 aromatic rings. The number of hydrogen-bond donors (Lipinski definition) is 1. The molecule has 4 heteroatoms. The topological polar surface area (TPSA) is 40.5 Å². The summed E-state index contributed by atoms with van der Waals surface area (Å²) in [5.74, 6) is -0.805. The Kier molecular flexibility index (Phi) is 5.97. The number of hydrogen-bond acceptors (Lipinski definition) is 2. The minimum atomic E-state index is -0.805. The van der Waals surface area contributed by atoms with Crippen LogP contribution in [0.5, 0.6) is 0 Å². The lowest BCUT2D eigenvalue weighted by molar-refractivity contribution is -0.143. The molecule has 0 saturated carbocycles. The highest BCUT2D eigenvalue weighted by molar-refractivity contribution is 5.85. The number of rotatable bonds is 4. The number of carbonyl (C=O) groups is 1. The fourth-order valence-electron chi connectivity index (χ4n) is 1.40. The molecule has 1 unspecified atom stereocenters. The number of carboxylic acids is 1. The summed E-state index contributed by atoms with van der Waals surface area (Å²) in [5, 5.41) is 9.09. The second-order valence-corrected chi connectivity index (χ2v) is 3.22. The Balaban J connectivity index is 0.00000196. The smallest absolute Gasteiger partial charge is 0.325 e. The number of nitrogens with zero attached hydrogens (tertiary/aromatic N) is 1. The van der Waals surface area contributed by atoms with E-state index in [0.29, 0.717) is 6.54 Å². The molecule has 84 valence electrons. The van der Waals surface area contributed by atoms with Gasteiger partial charge in [0.05, 0.1) is 0 Å². The third-order valence-electron chi connectivity index (χ3n) is 2.29. The molecule has 1 N–H and O–H groups in total. The summed E-state index contributed by atoms with van der Waals surface area (Å²) in [6.07, 6.45) is 0. The van der Waals surface area contributed by atoms with E-state index in [4.69, 9.17) is 5.11 Å². The standard InChI is InChI=1S/C11H15NO2.ClH/c1-3-12(2)10(11(13)14)9-7-5-4-6-8-9;/h4-8,10H,3H2,1-2H3,(H,13,14);1H. The minimum Gasteiger partial charge on any atom is -0.480 e. The van der Waals surface area contributed by atoms with E-state index in [0.717, 1.165) is 5.56 Å². The van der Waals surface area contributed by atoms with Crippen LogP contribution in [0, 0.1) is 0 Å². The first-order chi connectivity index (χ1) is 6.66. The van der Waals surface area contributed by atoms with Crippen molar-refractivity contribution in [3.63, 3.8) is 0 Å². The average Bonchev–Trinajstić information content (AvgIpc) is 2.19. The summed E-state index contributed by atoms with van der Waals surface area (Å²) in [4.78, 5) is 12.9. The van der Waals surface area contributed by atoms with E-state index in [1.807, 2.05) is 44.3 Å². The van der Waals surface area contributed by atoms with Gasteiger partial charge in [0.2, 0.25) is 0 Å². The van der Waals surface area contributed by atoms with Crippen LogP contribution in [0.1, 0.15) is 18.5 Å². The number of benzene rings is 1. The van der Waals surface area contributed by atoms with Gasteiger partial charge in [-0.25, -0.2) is 0 Å². The molecule has 1 rings (SSSR count). The van der Waals surface area contributed by atoms with Gasteiger partial charge in [-0.1, -0.05) is 37.3 Å². The van der Waals surface area contributed by atoms with Crippen molar-refractivity contribution in [2.45, 2.75) is 13.0 Å². The van der Waals surface area contributed by atoms with Crippen molar-refractivity contribution in [2.24, 2.45) is 0 Å². The lowest BCUT2D eigenvalue weighted by Gasteiger charge is -2.23. The van der Waals surface area contributed by atoms with Crippen molar-refractivity contribution in [1.29, 1.82) is 0 Å². The summed E-state index contributed by atoms with van der Waals surface area (Å²) in [6.45, 7) is 2.66. The molecule has 0 aliphatic carbocycles. The quantitative estimate of drug-likeness (QED) is 0.861. The van der Waals surface area contributed by atoms with E-state index in [-0.39, 0.29) is 12.4 Å². The summed E-state index contributed by atoms with van der Waals surface area (Å²) < 4.78 is 0. The van der Waals surface area contributed by atoms with E-state index in [1.54, 1.807) is 4.90 Å². The highest BCUT2D eigenvalue weighted by Crippen LogP contribution is 2.18. The van der Waals surface area contributed by atoms with Gasteiger partial charge in [0.15, 0.2) is 0 Å². The van der Waals surface area contributed by atoms with Gasteiger partial charge in [0.25, 0.3) is 0 Å².